The number of carbonyl (C=O) groups is 1. The van der Waals surface area contributed by atoms with Gasteiger partial charge in [-0.2, -0.15) is 0 Å². The third kappa shape index (κ3) is 3.69. The van der Waals surface area contributed by atoms with Gasteiger partial charge in [-0.3, -0.25) is 4.79 Å². The van der Waals surface area contributed by atoms with Gasteiger partial charge in [-0.15, -0.1) is 6.58 Å². The van der Waals surface area contributed by atoms with Crippen LogP contribution >= 0.6 is 0 Å². The number of benzene rings is 1. The molecule has 4 nitrogen and oxygen atoms in total. The van der Waals surface area contributed by atoms with E-state index in [0.717, 1.165) is 24.2 Å². The van der Waals surface area contributed by atoms with E-state index in [-0.39, 0.29) is 11.9 Å². The van der Waals surface area contributed by atoms with Crippen molar-refractivity contribution in [3.05, 3.63) is 42.5 Å². The molecule has 22 heavy (non-hydrogen) atoms. The zero-order chi connectivity index (χ0) is 16.2. The summed E-state index contributed by atoms with van der Waals surface area (Å²) in [6, 6.07) is 7.52. The lowest BCUT2D eigenvalue weighted by molar-refractivity contribution is -0.152. The highest BCUT2D eigenvalue weighted by Gasteiger charge is 2.42. The van der Waals surface area contributed by atoms with Gasteiger partial charge < -0.3 is 14.7 Å². The fourth-order valence-corrected chi connectivity index (χ4v) is 3.05. The van der Waals surface area contributed by atoms with Crippen molar-refractivity contribution in [3.8, 4) is 5.75 Å². The number of likely N-dealkylation sites (tertiary alicyclic amines) is 1. The normalized spacial score (nSPS) is 25.1. The lowest BCUT2D eigenvalue weighted by atomic mass is 9.83. The second-order valence-electron chi connectivity index (χ2n) is 6.11. The molecule has 1 aliphatic rings. The second-order valence-corrected chi connectivity index (χ2v) is 6.11. The zero-order valence-electron chi connectivity index (χ0n) is 13.4. The third-order valence-corrected chi connectivity index (χ3v) is 4.42. The smallest absolute Gasteiger partial charge is 0.223 e. The highest BCUT2D eigenvalue weighted by Crippen LogP contribution is 2.32. The standard InChI is InChI=1S/C18H25NO3/c1-4-5-6-16-18(2,21)12-11-17(20)19(16)13-14-7-9-15(22-3)10-8-14/h4,7-10,16,21H,1,5-6,11-13H2,2-3H3/t16-,18-/m0/s1. The average Bonchev–Trinajstić information content (AvgIpc) is 2.51. The van der Waals surface area contributed by atoms with Crippen LogP contribution in [0.25, 0.3) is 0 Å². The maximum Gasteiger partial charge on any atom is 0.223 e. The molecule has 0 bridgehead atoms. The Morgan fingerprint density at radius 3 is 2.73 bits per heavy atom. The van der Waals surface area contributed by atoms with E-state index in [1.54, 1.807) is 7.11 Å². The van der Waals surface area contributed by atoms with Gasteiger partial charge in [0.1, 0.15) is 5.75 Å². The summed E-state index contributed by atoms with van der Waals surface area (Å²) < 4.78 is 5.16. The lowest BCUT2D eigenvalue weighted by Crippen LogP contribution is -2.57. The first kappa shape index (κ1) is 16.6. The van der Waals surface area contributed by atoms with Crippen LogP contribution in [0.1, 0.15) is 38.2 Å². The van der Waals surface area contributed by atoms with Crippen LogP contribution in [0, 0.1) is 0 Å². The molecule has 0 aromatic heterocycles. The predicted octanol–water partition coefficient (Wildman–Crippen LogP) is 2.90. The van der Waals surface area contributed by atoms with Crippen molar-refractivity contribution in [2.24, 2.45) is 0 Å². The molecule has 0 unspecified atom stereocenters. The van der Waals surface area contributed by atoms with E-state index in [0.29, 0.717) is 19.4 Å². The van der Waals surface area contributed by atoms with Gasteiger partial charge >= 0.3 is 0 Å². The Kier molecular flexibility index (Phi) is 5.24. The summed E-state index contributed by atoms with van der Waals surface area (Å²) >= 11 is 0. The minimum atomic E-state index is -0.844. The highest BCUT2D eigenvalue weighted by molar-refractivity contribution is 5.78. The highest BCUT2D eigenvalue weighted by atomic mass is 16.5. The molecule has 120 valence electrons. The summed E-state index contributed by atoms with van der Waals surface area (Å²) in [6.45, 7) is 6.08. The van der Waals surface area contributed by atoms with Crippen molar-refractivity contribution >= 4 is 5.91 Å². The number of methoxy groups -OCH3 is 1. The van der Waals surface area contributed by atoms with Crippen molar-refractivity contribution in [3.63, 3.8) is 0 Å². The molecular weight excluding hydrogens is 278 g/mol. The molecule has 1 aliphatic heterocycles. The average molecular weight is 303 g/mol. The topological polar surface area (TPSA) is 49.8 Å². The first-order valence-electron chi connectivity index (χ1n) is 7.73. The summed E-state index contributed by atoms with van der Waals surface area (Å²) in [5.74, 6) is 0.903. The van der Waals surface area contributed by atoms with Crippen molar-refractivity contribution in [1.29, 1.82) is 0 Å². The van der Waals surface area contributed by atoms with E-state index in [1.165, 1.54) is 0 Å². The van der Waals surface area contributed by atoms with Crippen molar-refractivity contribution < 1.29 is 14.6 Å². The van der Waals surface area contributed by atoms with Crippen LogP contribution in [0.15, 0.2) is 36.9 Å². The molecule has 1 aromatic carbocycles. The van der Waals surface area contributed by atoms with Crippen LogP contribution in [0.2, 0.25) is 0 Å². The van der Waals surface area contributed by atoms with Crippen molar-refractivity contribution in [1.82, 2.24) is 4.90 Å². The van der Waals surface area contributed by atoms with Gasteiger partial charge in [-0.1, -0.05) is 18.2 Å². The molecule has 0 spiro atoms. The molecule has 1 saturated heterocycles. The van der Waals surface area contributed by atoms with Crippen LogP contribution in [-0.2, 0) is 11.3 Å². The van der Waals surface area contributed by atoms with E-state index in [1.807, 2.05) is 42.2 Å². The van der Waals surface area contributed by atoms with Crippen LogP contribution in [-0.4, -0.2) is 34.7 Å². The summed E-state index contributed by atoms with van der Waals surface area (Å²) in [6.07, 6.45) is 4.27. The Bertz CT molecular complexity index is 522. The van der Waals surface area contributed by atoms with Gasteiger partial charge in [0.2, 0.25) is 5.91 Å². The Labute approximate surface area is 132 Å². The number of amides is 1. The molecule has 0 aliphatic carbocycles. The maximum atomic E-state index is 12.3. The third-order valence-electron chi connectivity index (χ3n) is 4.42. The predicted molar refractivity (Wildman–Crippen MR) is 86.6 cm³/mol. The molecule has 0 radical (unpaired) electrons. The van der Waals surface area contributed by atoms with Gasteiger partial charge in [0.05, 0.1) is 18.8 Å². The molecule has 1 heterocycles. The molecule has 1 fully saturated rings. The molecular formula is C18H25NO3. The van der Waals surface area contributed by atoms with Crippen LogP contribution < -0.4 is 4.74 Å². The number of nitrogens with zero attached hydrogens (tertiary/aromatic N) is 1. The quantitative estimate of drug-likeness (QED) is 0.822. The van der Waals surface area contributed by atoms with Crippen LogP contribution in [0.3, 0.4) is 0 Å². The van der Waals surface area contributed by atoms with Gasteiger partial charge in [0.25, 0.3) is 0 Å². The van der Waals surface area contributed by atoms with Gasteiger partial charge in [-0.05, 0) is 43.9 Å². The first-order valence-corrected chi connectivity index (χ1v) is 7.73. The van der Waals surface area contributed by atoms with E-state index in [9.17, 15) is 9.90 Å². The van der Waals surface area contributed by atoms with E-state index in [4.69, 9.17) is 4.74 Å². The summed E-state index contributed by atoms with van der Waals surface area (Å²) in [5.41, 5.74) is 0.194. The van der Waals surface area contributed by atoms with E-state index >= 15 is 0 Å². The monoisotopic (exact) mass is 303 g/mol. The minimum Gasteiger partial charge on any atom is -0.497 e. The number of ether oxygens (including phenoxy) is 1. The van der Waals surface area contributed by atoms with Gasteiger partial charge in [0.15, 0.2) is 0 Å². The van der Waals surface area contributed by atoms with Crippen LogP contribution in [0.4, 0.5) is 0 Å². The molecule has 0 saturated carbocycles. The number of hydrogen-bond donors (Lipinski definition) is 1. The fourth-order valence-electron chi connectivity index (χ4n) is 3.05. The minimum absolute atomic E-state index is 0.108. The number of piperidine rings is 1. The summed E-state index contributed by atoms with van der Waals surface area (Å²) in [7, 11) is 1.63. The number of allylic oxidation sites excluding steroid dienone is 1. The summed E-state index contributed by atoms with van der Waals surface area (Å²) in [4.78, 5) is 14.2. The van der Waals surface area contributed by atoms with Gasteiger partial charge in [-0.25, -0.2) is 0 Å². The maximum absolute atomic E-state index is 12.3. The molecule has 2 atom stereocenters. The Balaban J connectivity index is 2.18. The van der Waals surface area contributed by atoms with E-state index < -0.39 is 5.60 Å². The Morgan fingerprint density at radius 1 is 1.45 bits per heavy atom. The number of hydrogen-bond acceptors (Lipinski definition) is 3. The number of carbonyl (C=O) groups excluding carboxylic acids is 1. The SMILES string of the molecule is C=CCC[C@@H]1N(Cc2ccc(OC)cc2)C(=O)CC[C@]1(C)O. The van der Waals surface area contributed by atoms with E-state index in [2.05, 4.69) is 6.58 Å². The summed E-state index contributed by atoms with van der Waals surface area (Å²) in [5, 5.41) is 10.7. The molecule has 2 rings (SSSR count). The van der Waals surface area contributed by atoms with Crippen molar-refractivity contribution in [2.75, 3.05) is 7.11 Å². The molecule has 4 heteroatoms. The fraction of sp³-hybridized carbons (Fsp3) is 0.500. The zero-order valence-corrected chi connectivity index (χ0v) is 13.4. The first-order chi connectivity index (χ1) is 10.5. The second kappa shape index (κ2) is 6.97. The van der Waals surface area contributed by atoms with Crippen LogP contribution in [0.5, 0.6) is 5.75 Å². The number of aliphatic hydroxyl groups is 1. The largest absolute Gasteiger partial charge is 0.497 e. The Hall–Kier alpha value is -1.81. The lowest BCUT2D eigenvalue weighted by Gasteiger charge is -2.45. The Morgan fingerprint density at radius 2 is 2.14 bits per heavy atom. The molecule has 1 N–H and O–H groups in total. The van der Waals surface area contributed by atoms with Crippen molar-refractivity contribution in [2.45, 2.75) is 50.8 Å². The number of rotatable bonds is 6. The molecule has 1 aromatic rings. The molecule has 1 amide bonds. The van der Waals surface area contributed by atoms with Gasteiger partial charge in [0, 0.05) is 13.0 Å².